The number of hydrogen-bond acceptors (Lipinski definition) is 4. The molecule has 0 aromatic carbocycles. The first kappa shape index (κ1) is 12.0. The SMILES string of the molecule is CC1CO1.CCO[P+](=O)OCC. The summed E-state index contributed by atoms with van der Waals surface area (Å²) in [7, 11) is -1.83. The minimum absolute atomic E-state index is 0.440. The molecule has 1 fully saturated rings. The Bertz CT molecular complexity index is 117. The van der Waals surface area contributed by atoms with Crippen LogP contribution in [0.4, 0.5) is 0 Å². The van der Waals surface area contributed by atoms with E-state index in [0.29, 0.717) is 19.3 Å². The van der Waals surface area contributed by atoms with Gasteiger partial charge in [-0.25, -0.2) is 0 Å². The summed E-state index contributed by atoms with van der Waals surface area (Å²) in [5.41, 5.74) is 0. The molecule has 1 saturated heterocycles. The fourth-order valence-corrected chi connectivity index (χ4v) is 0.840. The van der Waals surface area contributed by atoms with Crippen LogP contribution < -0.4 is 0 Å². The molecule has 1 atom stereocenters. The lowest BCUT2D eigenvalue weighted by Crippen LogP contribution is -1.81. The van der Waals surface area contributed by atoms with Crippen molar-refractivity contribution < 1.29 is 18.3 Å². The summed E-state index contributed by atoms with van der Waals surface area (Å²) < 4.78 is 24.2. The number of hydrogen-bond donors (Lipinski definition) is 0. The van der Waals surface area contributed by atoms with E-state index >= 15 is 0 Å². The molecular formula is C7H16O4P+. The summed E-state index contributed by atoms with van der Waals surface area (Å²) in [5.74, 6) is 0. The molecule has 0 amide bonds. The van der Waals surface area contributed by atoms with Gasteiger partial charge in [0.15, 0.2) is 0 Å². The summed E-state index contributed by atoms with van der Waals surface area (Å²) >= 11 is 0. The Morgan fingerprint density at radius 3 is 1.92 bits per heavy atom. The van der Waals surface area contributed by atoms with Crippen LogP contribution in [0.2, 0.25) is 0 Å². The molecule has 0 aliphatic carbocycles. The first-order chi connectivity index (χ1) is 5.70. The van der Waals surface area contributed by atoms with Crippen LogP contribution in [0.1, 0.15) is 20.8 Å². The van der Waals surface area contributed by atoms with Crippen molar-refractivity contribution in [3.05, 3.63) is 0 Å². The highest BCUT2D eigenvalue weighted by Gasteiger charge is 2.15. The quantitative estimate of drug-likeness (QED) is 0.509. The van der Waals surface area contributed by atoms with Gasteiger partial charge in [0.2, 0.25) is 0 Å². The van der Waals surface area contributed by atoms with E-state index in [2.05, 4.69) is 16.0 Å². The average molecular weight is 195 g/mol. The summed E-state index contributed by atoms with van der Waals surface area (Å²) in [6.45, 7) is 7.46. The molecular weight excluding hydrogens is 179 g/mol. The van der Waals surface area contributed by atoms with Crippen LogP contribution >= 0.6 is 8.25 Å². The van der Waals surface area contributed by atoms with E-state index in [1.54, 1.807) is 13.8 Å². The normalized spacial score (nSPS) is 19.4. The van der Waals surface area contributed by atoms with Crippen molar-refractivity contribution in [1.82, 2.24) is 0 Å². The van der Waals surface area contributed by atoms with Crippen molar-refractivity contribution in [3.63, 3.8) is 0 Å². The third-order valence-corrected chi connectivity index (χ3v) is 1.91. The molecule has 4 nitrogen and oxygen atoms in total. The molecule has 5 heteroatoms. The Hall–Kier alpha value is -0.0200. The van der Waals surface area contributed by atoms with E-state index in [4.69, 9.17) is 4.74 Å². The van der Waals surface area contributed by atoms with Crippen molar-refractivity contribution in [2.75, 3.05) is 19.8 Å². The van der Waals surface area contributed by atoms with Crippen LogP contribution in [0.15, 0.2) is 0 Å². The molecule has 0 bridgehead atoms. The van der Waals surface area contributed by atoms with Gasteiger partial charge in [-0.05, 0) is 20.8 Å². The van der Waals surface area contributed by atoms with Gasteiger partial charge in [-0.1, -0.05) is 0 Å². The summed E-state index contributed by atoms with van der Waals surface area (Å²) in [6, 6.07) is 0. The third-order valence-electron chi connectivity index (χ3n) is 0.969. The van der Waals surface area contributed by atoms with Crippen LogP contribution in [0.3, 0.4) is 0 Å². The Labute approximate surface area is 74.1 Å². The fraction of sp³-hybridized carbons (Fsp3) is 1.00. The second kappa shape index (κ2) is 7.62. The lowest BCUT2D eigenvalue weighted by molar-refractivity contribution is 0.243. The van der Waals surface area contributed by atoms with Crippen LogP contribution in [0.5, 0.6) is 0 Å². The molecule has 1 rings (SSSR count). The highest BCUT2D eigenvalue weighted by molar-refractivity contribution is 7.33. The van der Waals surface area contributed by atoms with Crippen LogP contribution in [-0.4, -0.2) is 25.9 Å². The largest absolute Gasteiger partial charge is 0.697 e. The van der Waals surface area contributed by atoms with E-state index in [9.17, 15) is 4.57 Å². The lowest BCUT2D eigenvalue weighted by Gasteiger charge is -1.78. The first-order valence-corrected chi connectivity index (χ1v) is 5.14. The standard InChI is InChI=1S/C4H10O3P.C3H6O/c1-3-6-8(5)7-4-2;1-3-2-4-3/h3-4H2,1-2H3;3H,2H2,1H3/q+1;. The van der Waals surface area contributed by atoms with Gasteiger partial charge in [-0.15, -0.1) is 9.05 Å². The van der Waals surface area contributed by atoms with E-state index in [-0.39, 0.29) is 0 Å². The molecule has 72 valence electrons. The van der Waals surface area contributed by atoms with E-state index in [1.165, 1.54) is 0 Å². The zero-order valence-electron chi connectivity index (χ0n) is 7.78. The zero-order valence-corrected chi connectivity index (χ0v) is 8.67. The van der Waals surface area contributed by atoms with Crippen molar-refractivity contribution in [1.29, 1.82) is 0 Å². The van der Waals surface area contributed by atoms with E-state index in [1.807, 2.05) is 0 Å². The van der Waals surface area contributed by atoms with Gasteiger partial charge >= 0.3 is 8.25 Å². The topological polar surface area (TPSA) is 48.1 Å². The highest BCUT2D eigenvalue weighted by Crippen LogP contribution is 2.21. The second-order valence-corrected chi connectivity index (χ2v) is 3.17. The van der Waals surface area contributed by atoms with Gasteiger partial charge in [0.25, 0.3) is 0 Å². The Balaban J connectivity index is 0.000000247. The molecule has 1 aliphatic heterocycles. The maximum Gasteiger partial charge on any atom is 0.697 e. The summed E-state index contributed by atoms with van der Waals surface area (Å²) in [5, 5.41) is 0. The van der Waals surface area contributed by atoms with Crippen molar-refractivity contribution in [3.8, 4) is 0 Å². The monoisotopic (exact) mass is 195 g/mol. The Kier molecular flexibility index (Phi) is 7.61. The van der Waals surface area contributed by atoms with Gasteiger partial charge in [0.1, 0.15) is 13.2 Å². The molecule has 0 radical (unpaired) electrons. The van der Waals surface area contributed by atoms with Crippen LogP contribution in [-0.2, 0) is 18.3 Å². The van der Waals surface area contributed by atoms with Crippen LogP contribution in [0, 0.1) is 0 Å². The third kappa shape index (κ3) is 9.98. The van der Waals surface area contributed by atoms with Crippen molar-refractivity contribution in [2.24, 2.45) is 0 Å². The fourth-order valence-electron chi connectivity index (χ4n) is 0.344. The predicted molar refractivity (Wildman–Crippen MR) is 46.3 cm³/mol. The molecule has 0 spiro atoms. The molecule has 1 heterocycles. The minimum atomic E-state index is -1.83. The molecule has 1 unspecified atom stereocenters. The molecule has 0 N–H and O–H groups in total. The second-order valence-electron chi connectivity index (χ2n) is 2.20. The van der Waals surface area contributed by atoms with Crippen LogP contribution in [0.25, 0.3) is 0 Å². The van der Waals surface area contributed by atoms with Crippen molar-refractivity contribution in [2.45, 2.75) is 26.9 Å². The Morgan fingerprint density at radius 2 is 1.75 bits per heavy atom. The maximum atomic E-state index is 10.3. The van der Waals surface area contributed by atoms with Gasteiger partial charge < -0.3 is 4.74 Å². The molecule has 0 aromatic rings. The van der Waals surface area contributed by atoms with Gasteiger partial charge in [0, 0.05) is 4.57 Å². The molecule has 0 aromatic heterocycles. The zero-order chi connectivity index (χ0) is 9.40. The predicted octanol–water partition coefficient (Wildman–Crippen LogP) is 2.12. The summed E-state index contributed by atoms with van der Waals surface area (Å²) in [6.07, 6.45) is 0.583. The maximum absolute atomic E-state index is 10.3. The van der Waals surface area contributed by atoms with E-state index in [0.717, 1.165) is 6.61 Å². The molecule has 12 heavy (non-hydrogen) atoms. The minimum Gasteiger partial charge on any atom is -0.373 e. The highest BCUT2D eigenvalue weighted by atomic mass is 31.1. The number of epoxide rings is 1. The summed E-state index contributed by atoms with van der Waals surface area (Å²) in [4.78, 5) is 0. The van der Waals surface area contributed by atoms with Crippen molar-refractivity contribution >= 4 is 8.25 Å². The number of rotatable bonds is 4. The average Bonchev–Trinajstić information content (AvgIpc) is 2.74. The number of ether oxygens (including phenoxy) is 1. The smallest absolute Gasteiger partial charge is 0.373 e. The van der Waals surface area contributed by atoms with Gasteiger partial charge in [0.05, 0.1) is 12.7 Å². The first-order valence-electron chi connectivity index (χ1n) is 4.05. The molecule has 1 aliphatic rings. The Morgan fingerprint density at radius 1 is 1.42 bits per heavy atom. The van der Waals surface area contributed by atoms with E-state index < -0.39 is 8.25 Å². The lowest BCUT2D eigenvalue weighted by atomic mass is 10.6. The van der Waals surface area contributed by atoms with Gasteiger partial charge in [-0.2, -0.15) is 0 Å². The van der Waals surface area contributed by atoms with Gasteiger partial charge in [-0.3, -0.25) is 0 Å². The molecule has 0 saturated carbocycles.